The third-order valence-electron chi connectivity index (χ3n) is 5.15. The molecule has 1 aromatic heterocycles. The first-order chi connectivity index (χ1) is 18.2. The standard InChI is InChI=1S/C27H16ClN3/c28-27-30-25(29-26(31-27)23-11-5-8-17-6-1-3-9-21(17)23)20-15-14-19-13-12-18-7-2-4-10-22(18)24(19)16-20/h1-16H/i1D,3D,5D,6D,8D,9D,11D. The second-order valence-electron chi connectivity index (χ2n) is 6.97. The smallest absolute Gasteiger partial charge is 0.208 e. The number of nitrogens with zero attached hydrogens (tertiary/aromatic N) is 3. The molecular weight excluding hydrogens is 402 g/mol. The fourth-order valence-corrected chi connectivity index (χ4v) is 3.87. The molecule has 146 valence electrons. The van der Waals surface area contributed by atoms with E-state index in [0.29, 0.717) is 5.56 Å². The van der Waals surface area contributed by atoms with Crippen molar-refractivity contribution < 1.29 is 9.60 Å². The minimum atomic E-state index is -0.531. The molecule has 6 rings (SSSR count). The highest BCUT2D eigenvalue weighted by Gasteiger charge is 2.13. The summed E-state index contributed by atoms with van der Waals surface area (Å²) >= 11 is 6.31. The predicted octanol–water partition coefficient (Wildman–Crippen LogP) is 7.32. The van der Waals surface area contributed by atoms with Crippen LogP contribution in [0, 0.1) is 0 Å². The first kappa shape index (κ1) is 12.1. The van der Waals surface area contributed by atoms with Crippen molar-refractivity contribution in [1.29, 1.82) is 0 Å². The van der Waals surface area contributed by atoms with E-state index in [1.165, 1.54) is 0 Å². The maximum Gasteiger partial charge on any atom is 0.226 e. The van der Waals surface area contributed by atoms with Crippen LogP contribution in [0.4, 0.5) is 0 Å². The minimum Gasteiger partial charge on any atom is -0.208 e. The highest BCUT2D eigenvalue weighted by molar-refractivity contribution is 6.28. The Morgan fingerprint density at radius 3 is 2.29 bits per heavy atom. The van der Waals surface area contributed by atoms with Crippen molar-refractivity contribution >= 4 is 43.9 Å². The third-order valence-corrected chi connectivity index (χ3v) is 5.32. The van der Waals surface area contributed by atoms with Crippen molar-refractivity contribution in [2.45, 2.75) is 0 Å². The molecule has 0 bridgehead atoms. The Hall–Kier alpha value is -3.82. The van der Waals surface area contributed by atoms with Gasteiger partial charge in [0.05, 0.1) is 9.60 Å². The van der Waals surface area contributed by atoms with E-state index in [0.717, 1.165) is 21.5 Å². The van der Waals surface area contributed by atoms with Crippen LogP contribution < -0.4 is 0 Å². The van der Waals surface area contributed by atoms with Gasteiger partial charge in [0.15, 0.2) is 11.6 Å². The molecule has 6 aromatic rings. The van der Waals surface area contributed by atoms with E-state index in [1.54, 1.807) is 0 Å². The average Bonchev–Trinajstić information content (AvgIpc) is 2.92. The number of halogens is 1. The summed E-state index contributed by atoms with van der Waals surface area (Å²) in [5.74, 6) is 0.0799. The molecular formula is C27H16ClN3. The number of benzene rings is 5. The molecule has 5 aromatic carbocycles. The first-order valence-corrected chi connectivity index (χ1v) is 9.88. The number of fused-ring (bicyclic) bond motifs is 4. The third kappa shape index (κ3) is 3.11. The van der Waals surface area contributed by atoms with E-state index >= 15 is 0 Å². The van der Waals surface area contributed by atoms with Crippen molar-refractivity contribution in [3.05, 3.63) is 102 Å². The molecule has 4 heteroatoms. The molecule has 0 aliphatic heterocycles. The van der Waals surface area contributed by atoms with Crippen molar-refractivity contribution in [1.82, 2.24) is 15.0 Å². The van der Waals surface area contributed by atoms with Crippen LogP contribution in [0.5, 0.6) is 0 Å². The normalized spacial score (nSPS) is 14.5. The Balaban J connectivity index is 1.66. The zero-order valence-electron chi connectivity index (χ0n) is 22.9. The van der Waals surface area contributed by atoms with E-state index < -0.39 is 42.3 Å². The fourth-order valence-electron chi connectivity index (χ4n) is 3.71. The lowest BCUT2D eigenvalue weighted by Crippen LogP contribution is -1.98. The number of hydrogen-bond donors (Lipinski definition) is 0. The largest absolute Gasteiger partial charge is 0.226 e. The second-order valence-corrected chi connectivity index (χ2v) is 7.31. The molecule has 3 nitrogen and oxygen atoms in total. The summed E-state index contributed by atoms with van der Waals surface area (Å²) in [4.78, 5) is 13.0. The zero-order valence-corrected chi connectivity index (χ0v) is 16.7. The van der Waals surface area contributed by atoms with Gasteiger partial charge in [0, 0.05) is 11.1 Å². The highest BCUT2D eigenvalue weighted by atomic mass is 35.5. The molecule has 0 aliphatic rings. The van der Waals surface area contributed by atoms with Crippen LogP contribution in [0.15, 0.2) is 96.9 Å². The average molecular weight is 425 g/mol. The predicted molar refractivity (Wildman–Crippen MR) is 128 cm³/mol. The number of aromatic nitrogens is 3. The van der Waals surface area contributed by atoms with Gasteiger partial charge in [-0.2, -0.15) is 9.97 Å². The number of rotatable bonds is 2. The summed E-state index contributed by atoms with van der Waals surface area (Å²) in [6, 6.07) is 14.4. The van der Waals surface area contributed by atoms with E-state index in [2.05, 4.69) is 15.0 Å². The van der Waals surface area contributed by atoms with Crippen molar-refractivity contribution in [3.63, 3.8) is 0 Å². The van der Waals surface area contributed by atoms with Gasteiger partial charge in [-0.25, -0.2) is 4.98 Å². The molecule has 0 aliphatic carbocycles. The SMILES string of the molecule is [2H]c1c([2H])c([2H])c2c(-c3nc(Cl)nc(-c4ccc5ccc6ccccc6c5c4)n3)c([2H])c([2H])c([2H])c2c1[2H]. The van der Waals surface area contributed by atoms with E-state index in [9.17, 15) is 0 Å². The molecule has 0 radical (unpaired) electrons. The minimum absolute atomic E-state index is 0.107. The van der Waals surface area contributed by atoms with E-state index in [1.807, 2.05) is 54.6 Å². The number of hydrogen-bond acceptors (Lipinski definition) is 3. The summed E-state index contributed by atoms with van der Waals surface area (Å²) in [6.45, 7) is 0. The Morgan fingerprint density at radius 2 is 1.35 bits per heavy atom. The van der Waals surface area contributed by atoms with Gasteiger partial charge >= 0.3 is 0 Å². The van der Waals surface area contributed by atoms with Gasteiger partial charge in [0.1, 0.15) is 0 Å². The Morgan fingerprint density at radius 1 is 0.613 bits per heavy atom. The van der Waals surface area contributed by atoms with Crippen LogP contribution >= 0.6 is 11.6 Å². The lowest BCUT2D eigenvalue weighted by atomic mass is 10.00. The molecule has 0 saturated carbocycles. The highest BCUT2D eigenvalue weighted by Crippen LogP contribution is 2.31. The van der Waals surface area contributed by atoms with Crippen LogP contribution in [0.25, 0.3) is 55.1 Å². The lowest BCUT2D eigenvalue weighted by molar-refractivity contribution is 1.07. The van der Waals surface area contributed by atoms with Crippen LogP contribution in [0.1, 0.15) is 9.60 Å². The molecule has 0 atom stereocenters. The zero-order chi connectivity index (χ0) is 26.9. The molecule has 0 amide bonds. The van der Waals surface area contributed by atoms with Gasteiger partial charge in [-0.15, -0.1) is 0 Å². The molecule has 0 unspecified atom stereocenters. The van der Waals surface area contributed by atoms with E-state index in [4.69, 9.17) is 21.2 Å². The van der Waals surface area contributed by atoms with Crippen molar-refractivity contribution in [2.75, 3.05) is 0 Å². The molecule has 0 N–H and O–H groups in total. The van der Waals surface area contributed by atoms with Crippen LogP contribution in [0.2, 0.25) is 5.28 Å². The lowest BCUT2D eigenvalue weighted by Gasteiger charge is -2.09. The quantitative estimate of drug-likeness (QED) is 0.273. The molecule has 0 saturated heterocycles. The van der Waals surface area contributed by atoms with Gasteiger partial charge in [0.2, 0.25) is 5.28 Å². The summed E-state index contributed by atoms with van der Waals surface area (Å²) in [6.07, 6.45) is 0. The van der Waals surface area contributed by atoms with Crippen LogP contribution in [0.3, 0.4) is 0 Å². The Bertz CT molecular complexity index is 1970. The van der Waals surface area contributed by atoms with Gasteiger partial charge in [-0.1, -0.05) is 90.8 Å². The summed E-state index contributed by atoms with van der Waals surface area (Å²) < 4.78 is 58.2. The van der Waals surface area contributed by atoms with Crippen LogP contribution in [-0.4, -0.2) is 15.0 Å². The van der Waals surface area contributed by atoms with Crippen molar-refractivity contribution in [3.8, 4) is 22.8 Å². The van der Waals surface area contributed by atoms with Gasteiger partial charge in [-0.05, 0) is 50.0 Å². The molecule has 31 heavy (non-hydrogen) atoms. The van der Waals surface area contributed by atoms with Crippen LogP contribution in [-0.2, 0) is 0 Å². The Kier molecular flexibility index (Phi) is 2.80. The fraction of sp³-hybridized carbons (Fsp3) is 0. The summed E-state index contributed by atoms with van der Waals surface area (Å²) in [5, 5.41) is 3.65. The van der Waals surface area contributed by atoms with Gasteiger partial charge < -0.3 is 0 Å². The summed E-state index contributed by atoms with van der Waals surface area (Å²) in [7, 11) is 0. The van der Waals surface area contributed by atoms with E-state index in [-0.39, 0.29) is 33.3 Å². The molecule has 0 spiro atoms. The Labute approximate surface area is 193 Å². The summed E-state index contributed by atoms with van der Waals surface area (Å²) in [5.41, 5.74) is 0.519. The topological polar surface area (TPSA) is 38.7 Å². The van der Waals surface area contributed by atoms with Gasteiger partial charge in [-0.3, -0.25) is 0 Å². The monoisotopic (exact) mass is 424 g/mol. The second kappa shape index (κ2) is 7.15. The van der Waals surface area contributed by atoms with Gasteiger partial charge in [0.25, 0.3) is 0 Å². The van der Waals surface area contributed by atoms with Crippen molar-refractivity contribution in [2.24, 2.45) is 0 Å². The maximum absolute atomic E-state index is 8.59. The maximum atomic E-state index is 8.59. The molecule has 0 fully saturated rings. The first-order valence-electron chi connectivity index (χ1n) is 13.0. The molecule has 1 heterocycles.